The van der Waals surface area contributed by atoms with Crippen molar-refractivity contribution in [2.75, 3.05) is 0 Å². The Morgan fingerprint density at radius 3 is 2.35 bits per heavy atom. The molecule has 0 saturated heterocycles. The van der Waals surface area contributed by atoms with Gasteiger partial charge in [0.25, 0.3) is 0 Å². The van der Waals surface area contributed by atoms with Crippen LogP contribution in [0, 0.1) is 0 Å². The highest BCUT2D eigenvalue weighted by atomic mass is 16.3. The largest absolute Gasteiger partial charge is 0.456 e. The van der Waals surface area contributed by atoms with Gasteiger partial charge in [0.1, 0.15) is 11.3 Å². The molecule has 0 fully saturated rings. The Kier molecular flexibility index (Phi) is 3.87. The molecule has 0 bridgehead atoms. The lowest BCUT2D eigenvalue weighted by Crippen LogP contribution is -2.13. The van der Waals surface area contributed by atoms with E-state index in [2.05, 4.69) is 0 Å². The van der Waals surface area contributed by atoms with Crippen molar-refractivity contribution in [3.63, 3.8) is 0 Å². The molecular weight excluding hydrogens is 288 g/mol. The van der Waals surface area contributed by atoms with Gasteiger partial charge in [-0.2, -0.15) is 0 Å². The second-order valence-corrected chi connectivity index (χ2v) is 5.96. The van der Waals surface area contributed by atoms with Gasteiger partial charge in [0.2, 0.25) is 0 Å². The highest BCUT2D eigenvalue weighted by Gasteiger charge is 2.19. The quantitative estimate of drug-likeness (QED) is 0.654. The third-order valence-electron chi connectivity index (χ3n) is 3.95. The predicted molar refractivity (Wildman–Crippen MR) is 92.0 cm³/mol. The maximum Gasteiger partial charge on any atom is 0.196 e. The molecule has 1 heterocycles. The molecule has 0 amide bonds. The molecule has 0 atom stereocenters. The van der Waals surface area contributed by atoms with Crippen LogP contribution in [0.2, 0.25) is 0 Å². The molecule has 0 unspecified atom stereocenters. The van der Waals surface area contributed by atoms with Crippen LogP contribution in [-0.4, -0.2) is 5.78 Å². The van der Waals surface area contributed by atoms with E-state index in [9.17, 15) is 9.59 Å². The monoisotopic (exact) mass is 306 g/mol. The fourth-order valence-corrected chi connectivity index (χ4v) is 2.76. The van der Waals surface area contributed by atoms with Gasteiger partial charge in [-0.1, -0.05) is 44.2 Å². The van der Waals surface area contributed by atoms with Crippen LogP contribution in [-0.2, 0) is 0 Å². The minimum absolute atomic E-state index is 0.0202. The zero-order valence-electron chi connectivity index (χ0n) is 13.4. The van der Waals surface area contributed by atoms with Crippen LogP contribution in [0.5, 0.6) is 0 Å². The molecule has 0 aliphatic rings. The lowest BCUT2D eigenvalue weighted by atomic mass is 9.95. The number of hydrogen-bond donors (Lipinski definition) is 0. The normalized spacial score (nSPS) is 11.1. The van der Waals surface area contributed by atoms with E-state index in [-0.39, 0.29) is 17.1 Å². The summed E-state index contributed by atoms with van der Waals surface area (Å²) in [7, 11) is 0. The summed E-state index contributed by atoms with van der Waals surface area (Å²) in [4.78, 5) is 24.5. The molecule has 0 spiro atoms. The van der Waals surface area contributed by atoms with Gasteiger partial charge in [-0.15, -0.1) is 0 Å². The van der Waals surface area contributed by atoms with Gasteiger partial charge in [0, 0.05) is 16.7 Å². The van der Waals surface area contributed by atoms with Crippen LogP contribution in [0.15, 0.2) is 57.7 Å². The van der Waals surface area contributed by atoms with E-state index >= 15 is 0 Å². The third-order valence-corrected chi connectivity index (χ3v) is 3.95. The lowest BCUT2D eigenvalue weighted by Gasteiger charge is -2.13. The van der Waals surface area contributed by atoms with E-state index in [0.717, 1.165) is 5.56 Å². The van der Waals surface area contributed by atoms with Crippen molar-refractivity contribution in [3.05, 3.63) is 69.9 Å². The summed E-state index contributed by atoms with van der Waals surface area (Å²) in [5.41, 5.74) is 2.48. The summed E-state index contributed by atoms with van der Waals surface area (Å²) >= 11 is 0. The Hall–Kier alpha value is -2.68. The topological polar surface area (TPSA) is 47.3 Å². The van der Waals surface area contributed by atoms with E-state index in [0.29, 0.717) is 27.9 Å². The van der Waals surface area contributed by atoms with Crippen LogP contribution < -0.4 is 5.43 Å². The zero-order chi connectivity index (χ0) is 16.6. The first kappa shape index (κ1) is 15.2. The first-order valence-corrected chi connectivity index (χ1v) is 7.66. The molecule has 2 aromatic carbocycles. The Morgan fingerprint density at radius 1 is 1.04 bits per heavy atom. The summed E-state index contributed by atoms with van der Waals surface area (Å²) in [6.07, 6.45) is 0. The van der Waals surface area contributed by atoms with E-state index < -0.39 is 0 Å². The molecule has 0 N–H and O–H groups in total. The maximum atomic E-state index is 13.0. The number of fused-ring (bicyclic) bond motifs is 1. The molecule has 3 aromatic rings. The fraction of sp³-hybridized carbons (Fsp3) is 0.200. The van der Waals surface area contributed by atoms with Gasteiger partial charge >= 0.3 is 0 Å². The van der Waals surface area contributed by atoms with Crippen molar-refractivity contribution in [2.24, 2.45) is 0 Å². The minimum atomic E-state index is -0.0665. The van der Waals surface area contributed by atoms with Gasteiger partial charge in [0.05, 0.1) is 5.39 Å². The lowest BCUT2D eigenvalue weighted by molar-refractivity contribution is 0.101. The minimum Gasteiger partial charge on any atom is -0.456 e. The highest BCUT2D eigenvalue weighted by Crippen LogP contribution is 2.30. The van der Waals surface area contributed by atoms with Crippen molar-refractivity contribution in [3.8, 4) is 11.3 Å². The van der Waals surface area contributed by atoms with Crippen LogP contribution >= 0.6 is 0 Å². The summed E-state index contributed by atoms with van der Waals surface area (Å²) in [6, 6.07) is 14.6. The predicted octanol–water partition coefficient (Wildman–Crippen LogP) is 4.79. The molecule has 0 aliphatic carbocycles. The third kappa shape index (κ3) is 2.70. The second kappa shape index (κ2) is 5.84. The van der Waals surface area contributed by atoms with Gasteiger partial charge in [-0.05, 0) is 31.0 Å². The van der Waals surface area contributed by atoms with Crippen molar-refractivity contribution in [1.82, 2.24) is 0 Å². The molecule has 0 saturated carbocycles. The van der Waals surface area contributed by atoms with Gasteiger partial charge in [0.15, 0.2) is 11.2 Å². The number of carbonyl (C=O) groups excluding carboxylic acids is 1. The number of benzene rings is 2. The average Bonchev–Trinajstić information content (AvgIpc) is 2.54. The zero-order valence-corrected chi connectivity index (χ0v) is 13.4. The van der Waals surface area contributed by atoms with E-state index in [1.165, 1.54) is 6.92 Å². The Labute approximate surface area is 134 Å². The fourth-order valence-electron chi connectivity index (χ4n) is 2.76. The van der Waals surface area contributed by atoms with Crippen LogP contribution in [0.1, 0.15) is 42.6 Å². The maximum absolute atomic E-state index is 13.0. The standard InChI is InChI=1S/C20H18O3/c1-12(2)18-19(22)16-11-15(13(3)21)9-10-17(16)23-20(18)14-7-5-4-6-8-14/h4-12H,1-3H3. The Bertz CT molecular complexity index is 934. The van der Waals surface area contributed by atoms with Crippen LogP contribution in [0.4, 0.5) is 0 Å². The van der Waals surface area contributed by atoms with Crippen molar-refractivity contribution >= 4 is 16.8 Å². The van der Waals surface area contributed by atoms with Gasteiger partial charge in [-0.3, -0.25) is 9.59 Å². The molecule has 23 heavy (non-hydrogen) atoms. The molecule has 0 aliphatic heterocycles. The van der Waals surface area contributed by atoms with Crippen LogP contribution in [0.25, 0.3) is 22.3 Å². The van der Waals surface area contributed by atoms with Crippen molar-refractivity contribution < 1.29 is 9.21 Å². The molecule has 3 heteroatoms. The van der Waals surface area contributed by atoms with E-state index in [1.54, 1.807) is 18.2 Å². The molecule has 3 rings (SSSR count). The van der Waals surface area contributed by atoms with Crippen LogP contribution in [0.3, 0.4) is 0 Å². The Balaban J connectivity index is 2.38. The SMILES string of the molecule is CC(=O)c1ccc2oc(-c3ccccc3)c(C(C)C)c(=O)c2c1. The number of rotatable bonds is 3. The molecule has 3 nitrogen and oxygen atoms in total. The van der Waals surface area contributed by atoms with Crippen molar-refractivity contribution in [1.29, 1.82) is 0 Å². The average molecular weight is 306 g/mol. The van der Waals surface area contributed by atoms with Gasteiger partial charge in [-0.25, -0.2) is 0 Å². The summed E-state index contributed by atoms with van der Waals surface area (Å²) < 4.78 is 6.04. The second-order valence-electron chi connectivity index (χ2n) is 5.96. The summed E-state index contributed by atoms with van der Waals surface area (Å²) in [6.45, 7) is 5.43. The molecule has 116 valence electrons. The van der Waals surface area contributed by atoms with Crippen molar-refractivity contribution in [2.45, 2.75) is 26.7 Å². The first-order valence-electron chi connectivity index (χ1n) is 7.66. The van der Waals surface area contributed by atoms with E-state index in [1.807, 2.05) is 44.2 Å². The highest BCUT2D eigenvalue weighted by molar-refractivity contribution is 5.97. The number of ketones is 1. The van der Waals surface area contributed by atoms with E-state index in [4.69, 9.17) is 4.42 Å². The Morgan fingerprint density at radius 2 is 1.74 bits per heavy atom. The smallest absolute Gasteiger partial charge is 0.196 e. The first-order chi connectivity index (χ1) is 11.0. The molecule has 0 radical (unpaired) electrons. The summed E-state index contributed by atoms with van der Waals surface area (Å²) in [5.74, 6) is 0.560. The number of Topliss-reactive ketones (excluding diaryl/α,β-unsaturated/α-hetero) is 1. The summed E-state index contributed by atoms with van der Waals surface area (Å²) in [5, 5.41) is 0.459. The van der Waals surface area contributed by atoms with Gasteiger partial charge < -0.3 is 4.42 Å². The number of hydrogen-bond acceptors (Lipinski definition) is 3. The molecular formula is C20H18O3. The molecule has 1 aromatic heterocycles. The number of carbonyl (C=O) groups is 1.